The summed E-state index contributed by atoms with van der Waals surface area (Å²) in [7, 11) is 0.615. The maximum absolute atomic E-state index is 6.83. The SMILES string of the molecule is N=P[c-]1cccc1.[Fe].[cH-]1[cH-][cH-][cH-][cH-]1. The van der Waals surface area contributed by atoms with Crippen LogP contribution >= 0.6 is 8.37 Å². The van der Waals surface area contributed by atoms with Crippen molar-refractivity contribution in [1.29, 1.82) is 5.16 Å². The molecule has 0 aliphatic heterocycles. The fourth-order valence-corrected chi connectivity index (χ4v) is 1.08. The molecular formula is C10H10FeNP-6. The molecule has 74 valence electrons. The number of hydrogen-bond donors (Lipinski definition) is 1. The molecule has 0 aromatic heterocycles. The fourth-order valence-electron chi connectivity index (χ4n) is 0.759. The molecule has 0 spiro atoms. The summed E-state index contributed by atoms with van der Waals surface area (Å²) < 4.78 is 0. The van der Waals surface area contributed by atoms with Crippen LogP contribution in [0.25, 0.3) is 0 Å². The molecule has 0 aliphatic carbocycles. The molecule has 0 radical (unpaired) electrons. The minimum absolute atomic E-state index is 0. The summed E-state index contributed by atoms with van der Waals surface area (Å²) in [6, 6.07) is 17.8. The standard InChI is InChI=1S/C5H5NP.C5H5.Fe/c6-7-5-3-1-2-4-5;1-2-4-5-3-1;/h1-4,6H;1-5H;/q-1;-5;. The van der Waals surface area contributed by atoms with E-state index in [-0.39, 0.29) is 17.1 Å². The van der Waals surface area contributed by atoms with Crippen LogP contribution in [0, 0.1) is 5.16 Å². The van der Waals surface area contributed by atoms with E-state index in [0.29, 0.717) is 8.37 Å². The average Bonchev–Trinajstić information content (AvgIpc) is 2.81. The van der Waals surface area contributed by atoms with Crippen molar-refractivity contribution in [3.63, 3.8) is 0 Å². The van der Waals surface area contributed by atoms with E-state index >= 15 is 0 Å². The van der Waals surface area contributed by atoms with Gasteiger partial charge in [-0.25, -0.2) is 12.1 Å². The zero-order valence-corrected chi connectivity index (χ0v) is 9.00. The van der Waals surface area contributed by atoms with Gasteiger partial charge in [0.15, 0.2) is 0 Å². The Balaban J connectivity index is 0.000000215. The summed E-state index contributed by atoms with van der Waals surface area (Å²) in [5.74, 6) is 0. The van der Waals surface area contributed by atoms with Gasteiger partial charge >= 0.3 is 0 Å². The van der Waals surface area contributed by atoms with Gasteiger partial charge in [0, 0.05) is 17.1 Å². The minimum Gasteiger partial charge on any atom is -0.748 e. The quantitative estimate of drug-likeness (QED) is 0.442. The van der Waals surface area contributed by atoms with E-state index in [0.717, 1.165) is 5.30 Å². The summed E-state index contributed by atoms with van der Waals surface area (Å²) in [5.41, 5.74) is 0. The van der Waals surface area contributed by atoms with Crippen LogP contribution < -0.4 is 5.30 Å². The minimum atomic E-state index is 0. The van der Waals surface area contributed by atoms with Gasteiger partial charge in [-0.1, -0.05) is 5.30 Å². The normalized spacial score (nSPS) is 8.31. The summed E-state index contributed by atoms with van der Waals surface area (Å²) in [4.78, 5) is 0. The molecular weight excluding hydrogens is 221 g/mol. The van der Waals surface area contributed by atoms with Gasteiger partial charge in [-0.3, -0.25) is 5.16 Å². The van der Waals surface area contributed by atoms with Crippen molar-refractivity contribution >= 4 is 13.7 Å². The molecule has 0 saturated heterocycles. The van der Waals surface area contributed by atoms with Crippen molar-refractivity contribution in [3.8, 4) is 0 Å². The van der Waals surface area contributed by atoms with Crippen LogP contribution in [-0.4, -0.2) is 0 Å². The van der Waals surface area contributed by atoms with Crippen molar-refractivity contribution in [2.24, 2.45) is 0 Å². The molecule has 1 nitrogen and oxygen atoms in total. The maximum Gasteiger partial charge on any atom is 0 e. The van der Waals surface area contributed by atoms with E-state index < -0.39 is 0 Å². The molecule has 2 aromatic carbocycles. The molecule has 3 heteroatoms. The van der Waals surface area contributed by atoms with Crippen LogP contribution in [0.4, 0.5) is 0 Å². The Labute approximate surface area is 90.7 Å². The Morgan fingerprint density at radius 1 is 0.923 bits per heavy atom. The molecule has 0 fully saturated rings. The monoisotopic (exact) mass is 231 g/mol. The van der Waals surface area contributed by atoms with Crippen molar-refractivity contribution in [1.82, 2.24) is 0 Å². The van der Waals surface area contributed by atoms with Crippen molar-refractivity contribution in [3.05, 3.63) is 54.6 Å². The van der Waals surface area contributed by atoms with Gasteiger partial charge < -0.3 is 30.3 Å². The van der Waals surface area contributed by atoms with Gasteiger partial charge in [-0.15, -0.1) is 0 Å². The van der Waals surface area contributed by atoms with E-state index in [2.05, 4.69) is 0 Å². The largest absolute Gasteiger partial charge is 0.748 e. The predicted molar refractivity (Wildman–Crippen MR) is 53.3 cm³/mol. The second-order valence-corrected chi connectivity index (χ2v) is 2.96. The van der Waals surface area contributed by atoms with Gasteiger partial charge in [0.25, 0.3) is 0 Å². The second-order valence-electron chi connectivity index (χ2n) is 2.22. The zero-order valence-electron chi connectivity index (χ0n) is 7.00. The van der Waals surface area contributed by atoms with Crippen LogP contribution in [-0.2, 0) is 17.1 Å². The van der Waals surface area contributed by atoms with Crippen molar-refractivity contribution in [2.75, 3.05) is 0 Å². The molecule has 0 amide bonds. The van der Waals surface area contributed by atoms with Crippen LogP contribution in [0.3, 0.4) is 0 Å². The molecule has 0 unspecified atom stereocenters. The van der Waals surface area contributed by atoms with Gasteiger partial charge in [0.05, 0.1) is 0 Å². The summed E-state index contributed by atoms with van der Waals surface area (Å²) >= 11 is 0. The molecule has 1 N–H and O–H groups in total. The van der Waals surface area contributed by atoms with Crippen LogP contribution in [0.2, 0.25) is 0 Å². The first-order chi connectivity index (χ1) is 5.93. The van der Waals surface area contributed by atoms with Gasteiger partial charge in [-0.2, -0.15) is 12.1 Å². The summed E-state index contributed by atoms with van der Waals surface area (Å²) in [6.45, 7) is 0. The third kappa shape index (κ3) is 5.54. The zero-order chi connectivity index (χ0) is 8.65. The Kier molecular flexibility index (Phi) is 7.53. The first-order valence-corrected chi connectivity index (χ1v) is 4.59. The second kappa shape index (κ2) is 7.94. The number of nitrogens with one attached hydrogen (secondary N) is 1. The molecule has 0 heterocycles. The van der Waals surface area contributed by atoms with Gasteiger partial charge in [-0.05, 0) is 8.37 Å². The first kappa shape index (κ1) is 12.3. The van der Waals surface area contributed by atoms with Crippen molar-refractivity contribution < 1.29 is 17.1 Å². The van der Waals surface area contributed by atoms with Crippen LogP contribution in [0.1, 0.15) is 0 Å². The Morgan fingerprint density at radius 3 is 1.54 bits per heavy atom. The topological polar surface area (TPSA) is 23.9 Å². The Hall–Kier alpha value is -0.681. The van der Waals surface area contributed by atoms with E-state index in [4.69, 9.17) is 5.16 Å². The van der Waals surface area contributed by atoms with E-state index in [1.54, 1.807) is 0 Å². The van der Waals surface area contributed by atoms with Crippen LogP contribution in [0.15, 0.2) is 54.6 Å². The molecule has 13 heavy (non-hydrogen) atoms. The molecule has 0 bridgehead atoms. The van der Waals surface area contributed by atoms with Gasteiger partial charge in [0.2, 0.25) is 0 Å². The number of hydrogen-bond acceptors (Lipinski definition) is 1. The molecule has 0 saturated carbocycles. The third-order valence-corrected chi connectivity index (χ3v) is 1.89. The maximum atomic E-state index is 6.83. The van der Waals surface area contributed by atoms with Crippen LogP contribution in [0.5, 0.6) is 0 Å². The first-order valence-electron chi connectivity index (χ1n) is 3.69. The smallest absolute Gasteiger partial charge is 0 e. The molecule has 2 rings (SSSR count). The molecule has 0 atom stereocenters. The molecule has 0 aliphatic rings. The predicted octanol–water partition coefficient (Wildman–Crippen LogP) is 3.14. The third-order valence-electron chi connectivity index (χ3n) is 1.33. The Morgan fingerprint density at radius 2 is 1.31 bits per heavy atom. The number of rotatable bonds is 1. The van der Waals surface area contributed by atoms with Crippen molar-refractivity contribution in [2.45, 2.75) is 0 Å². The fraction of sp³-hybridized carbons (Fsp3) is 0. The Bertz CT molecular complexity index is 269. The van der Waals surface area contributed by atoms with E-state index in [1.165, 1.54) is 0 Å². The summed E-state index contributed by atoms with van der Waals surface area (Å²) in [6.07, 6.45) is 0. The summed E-state index contributed by atoms with van der Waals surface area (Å²) in [5, 5.41) is 7.90. The van der Waals surface area contributed by atoms with E-state index in [9.17, 15) is 0 Å². The van der Waals surface area contributed by atoms with E-state index in [1.807, 2.05) is 54.6 Å². The molecule has 2 aromatic rings. The van der Waals surface area contributed by atoms with Gasteiger partial charge in [0.1, 0.15) is 0 Å². The average molecular weight is 231 g/mol.